The number of para-hydroxylation sites is 1. The van der Waals surface area contributed by atoms with Crippen molar-refractivity contribution in [2.24, 2.45) is 0 Å². The highest BCUT2D eigenvalue weighted by atomic mass is 16.3. The molecule has 1 unspecified atom stereocenters. The molecule has 1 aromatic carbocycles. The van der Waals surface area contributed by atoms with Crippen LogP contribution in [-0.4, -0.2) is 71.7 Å². The standard InChI is InChI=1S/C22H33N3O2/c26-21(22(27)11-5-2-6-12-22)25-13-7-10-20(18-25)24-16-14-23(15-17-24)19-8-3-1-4-9-19/h1,3-4,8-9,20,27H,2,5-7,10-18H2. The lowest BCUT2D eigenvalue weighted by atomic mass is 9.83. The van der Waals surface area contributed by atoms with Crippen molar-refractivity contribution in [1.29, 1.82) is 0 Å². The second-order valence-corrected chi connectivity index (χ2v) is 8.50. The van der Waals surface area contributed by atoms with Crippen LogP contribution in [0.3, 0.4) is 0 Å². The van der Waals surface area contributed by atoms with E-state index in [0.717, 1.165) is 71.4 Å². The van der Waals surface area contributed by atoms with Crippen molar-refractivity contribution >= 4 is 11.6 Å². The average molecular weight is 372 g/mol. The van der Waals surface area contributed by atoms with E-state index in [0.29, 0.717) is 18.9 Å². The maximum absolute atomic E-state index is 13.0. The Morgan fingerprint density at radius 3 is 2.33 bits per heavy atom. The lowest BCUT2D eigenvalue weighted by Gasteiger charge is -2.45. The second kappa shape index (κ2) is 8.19. The number of hydrogen-bond acceptors (Lipinski definition) is 4. The van der Waals surface area contributed by atoms with Gasteiger partial charge in [0.25, 0.3) is 5.91 Å². The highest BCUT2D eigenvalue weighted by Crippen LogP contribution is 2.31. The Morgan fingerprint density at radius 2 is 1.63 bits per heavy atom. The van der Waals surface area contributed by atoms with Crippen LogP contribution in [0.2, 0.25) is 0 Å². The van der Waals surface area contributed by atoms with E-state index in [2.05, 4.69) is 40.1 Å². The van der Waals surface area contributed by atoms with E-state index in [1.54, 1.807) is 0 Å². The van der Waals surface area contributed by atoms with Crippen molar-refractivity contribution in [2.45, 2.75) is 56.6 Å². The van der Waals surface area contributed by atoms with Gasteiger partial charge in [-0.05, 0) is 37.8 Å². The molecule has 5 nitrogen and oxygen atoms in total. The fourth-order valence-corrected chi connectivity index (χ4v) is 5.07. The van der Waals surface area contributed by atoms with Crippen LogP contribution in [-0.2, 0) is 4.79 Å². The van der Waals surface area contributed by atoms with Crippen LogP contribution in [0.15, 0.2) is 30.3 Å². The van der Waals surface area contributed by atoms with Gasteiger partial charge in [0.2, 0.25) is 0 Å². The third kappa shape index (κ3) is 4.14. The molecule has 5 heteroatoms. The Morgan fingerprint density at radius 1 is 0.926 bits per heavy atom. The van der Waals surface area contributed by atoms with E-state index >= 15 is 0 Å². The molecule has 2 aliphatic heterocycles. The molecule has 1 atom stereocenters. The molecule has 1 aromatic rings. The van der Waals surface area contributed by atoms with E-state index in [4.69, 9.17) is 0 Å². The summed E-state index contributed by atoms with van der Waals surface area (Å²) >= 11 is 0. The average Bonchev–Trinajstić information content (AvgIpc) is 2.74. The number of aliphatic hydroxyl groups is 1. The van der Waals surface area contributed by atoms with Gasteiger partial charge in [0.15, 0.2) is 0 Å². The normalized spacial score (nSPS) is 26.8. The van der Waals surface area contributed by atoms with Crippen LogP contribution in [0.1, 0.15) is 44.9 Å². The lowest BCUT2D eigenvalue weighted by molar-refractivity contribution is -0.157. The van der Waals surface area contributed by atoms with Crippen LogP contribution < -0.4 is 4.90 Å². The summed E-state index contributed by atoms with van der Waals surface area (Å²) in [6.45, 7) is 5.77. The minimum absolute atomic E-state index is 0.00479. The molecule has 1 saturated carbocycles. The van der Waals surface area contributed by atoms with E-state index in [-0.39, 0.29) is 5.91 Å². The molecular weight excluding hydrogens is 338 g/mol. The number of nitrogens with zero attached hydrogens (tertiary/aromatic N) is 3. The van der Waals surface area contributed by atoms with Crippen LogP contribution >= 0.6 is 0 Å². The van der Waals surface area contributed by atoms with Gasteiger partial charge < -0.3 is 14.9 Å². The largest absolute Gasteiger partial charge is 0.380 e. The van der Waals surface area contributed by atoms with Gasteiger partial charge in [-0.1, -0.05) is 37.5 Å². The summed E-state index contributed by atoms with van der Waals surface area (Å²) in [5.74, 6) is -0.00479. The van der Waals surface area contributed by atoms with Crippen molar-refractivity contribution < 1.29 is 9.90 Å². The first kappa shape index (κ1) is 18.8. The zero-order valence-electron chi connectivity index (χ0n) is 16.4. The molecule has 4 rings (SSSR count). The fourth-order valence-electron chi connectivity index (χ4n) is 5.07. The zero-order valence-corrected chi connectivity index (χ0v) is 16.4. The Balaban J connectivity index is 1.33. The number of rotatable bonds is 3. The van der Waals surface area contributed by atoms with Crippen molar-refractivity contribution in [3.63, 3.8) is 0 Å². The number of anilines is 1. The monoisotopic (exact) mass is 371 g/mol. The first-order valence-corrected chi connectivity index (χ1v) is 10.7. The Hall–Kier alpha value is -1.59. The van der Waals surface area contributed by atoms with E-state index < -0.39 is 5.60 Å². The maximum Gasteiger partial charge on any atom is 0.254 e. The number of likely N-dealkylation sites (tertiary alicyclic amines) is 1. The fraction of sp³-hybridized carbons (Fsp3) is 0.682. The molecule has 0 spiro atoms. The van der Waals surface area contributed by atoms with Gasteiger partial charge in [-0.3, -0.25) is 9.69 Å². The van der Waals surface area contributed by atoms with Crippen LogP contribution in [0.4, 0.5) is 5.69 Å². The van der Waals surface area contributed by atoms with Crippen molar-refractivity contribution in [3.05, 3.63) is 30.3 Å². The molecule has 148 valence electrons. The molecule has 2 saturated heterocycles. The van der Waals surface area contributed by atoms with Gasteiger partial charge in [0, 0.05) is 51.0 Å². The Bertz CT molecular complexity index is 622. The third-order valence-electron chi connectivity index (χ3n) is 6.71. The molecule has 1 aliphatic carbocycles. The van der Waals surface area contributed by atoms with Crippen LogP contribution in [0.5, 0.6) is 0 Å². The summed E-state index contributed by atoms with van der Waals surface area (Å²) in [4.78, 5) is 20.0. The molecule has 3 aliphatic rings. The summed E-state index contributed by atoms with van der Waals surface area (Å²) < 4.78 is 0. The first-order valence-electron chi connectivity index (χ1n) is 10.7. The summed E-state index contributed by atoms with van der Waals surface area (Å²) in [5, 5.41) is 10.8. The van der Waals surface area contributed by atoms with Gasteiger partial charge in [0.1, 0.15) is 5.60 Å². The van der Waals surface area contributed by atoms with Crippen LogP contribution in [0, 0.1) is 0 Å². The summed E-state index contributed by atoms with van der Waals surface area (Å²) in [7, 11) is 0. The van der Waals surface area contributed by atoms with E-state index in [1.165, 1.54) is 5.69 Å². The minimum Gasteiger partial charge on any atom is -0.380 e. The topological polar surface area (TPSA) is 47.0 Å². The van der Waals surface area contributed by atoms with Gasteiger partial charge in [0.05, 0.1) is 0 Å². The van der Waals surface area contributed by atoms with Gasteiger partial charge in [-0.15, -0.1) is 0 Å². The molecule has 0 bridgehead atoms. The Kier molecular flexibility index (Phi) is 5.69. The zero-order chi connectivity index (χ0) is 18.7. The molecule has 2 heterocycles. The van der Waals surface area contributed by atoms with Gasteiger partial charge in [-0.25, -0.2) is 0 Å². The molecule has 3 fully saturated rings. The minimum atomic E-state index is -1.09. The summed E-state index contributed by atoms with van der Waals surface area (Å²) in [5.41, 5.74) is 0.212. The first-order chi connectivity index (χ1) is 13.2. The van der Waals surface area contributed by atoms with Crippen LogP contribution in [0.25, 0.3) is 0 Å². The predicted molar refractivity (Wildman–Crippen MR) is 108 cm³/mol. The van der Waals surface area contributed by atoms with Gasteiger partial charge >= 0.3 is 0 Å². The second-order valence-electron chi connectivity index (χ2n) is 8.50. The molecule has 0 radical (unpaired) electrons. The van der Waals surface area contributed by atoms with Crippen molar-refractivity contribution in [3.8, 4) is 0 Å². The number of piperazine rings is 1. The van der Waals surface area contributed by atoms with E-state index in [1.807, 2.05) is 4.90 Å². The SMILES string of the molecule is O=C(N1CCCC(N2CCN(c3ccccc3)CC2)C1)C1(O)CCCCC1. The predicted octanol–water partition coefficient (Wildman–Crippen LogP) is 2.49. The number of carbonyl (C=O) groups excluding carboxylic acids is 1. The molecule has 0 aromatic heterocycles. The van der Waals surface area contributed by atoms with Crippen molar-refractivity contribution in [2.75, 3.05) is 44.2 Å². The number of benzene rings is 1. The number of piperidine rings is 1. The van der Waals surface area contributed by atoms with Crippen molar-refractivity contribution in [1.82, 2.24) is 9.80 Å². The quantitative estimate of drug-likeness (QED) is 0.887. The summed E-state index contributed by atoms with van der Waals surface area (Å²) in [6.07, 6.45) is 6.58. The maximum atomic E-state index is 13.0. The number of amides is 1. The number of carbonyl (C=O) groups is 1. The van der Waals surface area contributed by atoms with E-state index in [9.17, 15) is 9.90 Å². The molecule has 27 heavy (non-hydrogen) atoms. The lowest BCUT2D eigenvalue weighted by Crippen LogP contribution is -2.59. The Labute approximate surface area is 162 Å². The highest BCUT2D eigenvalue weighted by Gasteiger charge is 2.41. The summed E-state index contributed by atoms with van der Waals surface area (Å²) in [6, 6.07) is 11.1. The highest BCUT2D eigenvalue weighted by molar-refractivity contribution is 5.85. The molecular formula is C22H33N3O2. The molecule has 1 N–H and O–H groups in total. The van der Waals surface area contributed by atoms with Gasteiger partial charge in [-0.2, -0.15) is 0 Å². The smallest absolute Gasteiger partial charge is 0.254 e. The third-order valence-corrected chi connectivity index (χ3v) is 6.71. The molecule has 1 amide bonds. The number of hydrogen-bond donors (Lipinski definition) is 1.